The molecule has 2 heterocycles. The van der Waals surface area contributed by atoms with Crippen LogP contribution in [0.5, 0.6) is 0 Å². The Morgan fingerprint density at radius 1 is 1.13 bits per heavy atom. The van der Waals surface area contributed by atoms with Crippen LogP contribution in [0, 0.1) is 0 Å². The van der Waals surface area contributed by atoms with Gasteiger partial charge in [-0.15, -0.1) is 0 Å². The zero-order chi connectivity index (χ0) is 20.9. The van der Waals surface area contributed by atoms with Crippen LogP contribution in [0.3, 0.4) is 0 Å². The molecule has 0 unspecified atom stereocenters. The SMILES string of the molecule is O=C(Nc1sc(NN=Cc2ccco2)nc1-c1ccc(Cl)cc1)c1ccc(Br)cc1. The lowest BCUT2D eigenvalue weighted by atomic mass is 10.1. The Kier molecular flexibility index (Phi) is 6.27. The molecule has 4 rings (SSSR count). The lowest BCUT2D eigenvalue weighted by molar-refractivity contribution is 0.102. The summed E-state index contributed by atoms with van der Waals surface area (Å²) in [5, 5.41) is 8.82. The van der Waals surface area contributed by atoms with Crippen molar-refractivity contribution in [1.82, 2.24) is 4.98 Å². The van der Waals surface area contributed by atoms with Gasteiger partial charge < -0.3 is 9.73 Å². The van der Waals surface area contributed by atoms with E-state index in [2.05, 4.69) is 36.8 Å². The highest BCUT2D eigenvalue weighted by Crippen LogP contribution is 2.36. The molecule has 0 fully saturated rings. The Morgan fingerprint density at radius 3 is 2.60 bits per heavy atom. The molecule has 9 heteroatoms. The van der Waals surface area contributed by atoms with Crippen LogP contribution in [0.4, 0.5) is 10.1 Å². The predicted molar refractivity (Wildman–Crippen MR) is 125 cm³/mol. The number of hydrogen-bond donors (Lipinski definition) is 2. The van der Waals surface area contributed by atoms with Crippen molar-refractivity contribution in [3.05, 3.63) is 87.7 Å². The number of halogens is 2. The van der Waals surface area contributed by atoms with E-state index < -0.39 is 0 Å². The largest absolute Gasteiger partial charge is 0.463 e. The molecule has 2 aromatic carbocycles. The number of hydrogen-bond acceptors (Lipinski definition) is 6. The fourth-order valence-electron chi connectivity index (χ4n) is 2.55. The molecule has 150 valence electrons. The van der Waals surface area contributed by atoms with Crippen LogP contribution in [0.25, 0.3) is 11.3 Å². The predicted octanol–water partition coefficient (Wildman–Crippen LogP) is 6.52. The quantitative estimate of drug-likeness (QED) is 0.233. The minimum atomic E-state index is -0.230. The normalized spacial score (nSPS) is 11.0. The summed E-state index contributed by atoms with van der Waals surface area (Å²) in [6.07, 6.45) is 3.11. The first-order valence-corrected chi connectivity index (χ1v) is 10.7. The smallest absolute Gasteiger partial charge is 0.256 e. The number of amides is 1. The summed E-state index contributed by atoms with van der Waals surface area (Å²) in [7, 11) is 0. The van der Waals surface area contributed by atoms with E-state index in [1.807, 2.05) is 24.3 Å². The number of carbonyl (C=O) groups is 1. The summed E-state index contributed by atoms with van der Waals surface area (Å²) in [5.41, 5.74) is 4.87. The first-order valence-electron chi connectivity index (χ1n) is 8.75. The van der Waals surface area contributed by atoms with Gasteiger partial charge in [0.15, 0.2) is 0 Å². The standard InChI is InChI=1S/C21H14BrClN4O2S/c22-15-7-3-14(4-8-15)19(28)26-20-18(13-5-9-16(23)10-6-13)25-21(30-20)27-24-12-17-2-1-11-29-17/h1-12H,(H,25,27)(H,26,28). The van der Waals surface area contributed by atoms with Crippen molar-refractivity contribution < 1.29 is 9.21 Å². The van der Waals surface area contributed by atoms with Gasteiger partial charge >= 0.3 is 0 Å². The third-order valence-electron chi connectivity index (χ3n) is 3.97. The molecule has 0 saturated heterocycles. The zero-order valence-electron chi connectivity index (χ0n) is 15.3. The van der Waals surface area contributed by atoms with Gasteiger partial charge in [0.25, 0.3) is 5.91 Å². The molecule has 30 heavy (non-hydrogen) atoms. The number of nitrogens with zero attached hydrogens (tertiary/aromatic N) is 2. The maximum absolute atomic E-state index is 12.7. The Hall–Kier alpha value is -2.94. The zero-order valence-corrected chi connectivity index (χ0v) is 18.5. The monoisotopic (exact) mass is 500 g/mol. The lowest BCUT2D eigenvalue weighted by Gasteiger charge is -2.06. The van der Waals surface area contributed by atoms with Crippen LogP contribution >= 0.6 is 38.9 Å². The van der Waals surface area contributed by atoms with E-state index in [4.69, 9.17) is 16.0 Å². The number of nitrogens with one attached hydrogen (secondary N) is 2. The van der Waals surface area contributed by atoms with Crippen LogP contribution in [-0.4, -0.2) is 17.1 Å². The highest BCUT2D eigenvalue weighted by atomic mass is 79.9. The summed E-state index contributed by atoms with van der Waals surface area (Å²) >= 11 is 10.7. The number of anilines is 2. The Balaban J connectivity index is 1.61. The van der Waals surface area contributed by atoms with Crippen molar-refractivity contribution in [2.75, 3.05) is 10.7 Å². The molecule has 1 amide bonds. The van der Waals surface area contributed by atoms with Crippen molar-refractivity contribution in [2.24, 2.45) is 5.10 Å². The molecule has 0 saturated carbocycles. The van der Waals surface area contributed by atoms with Gasteiger partial charge in [0.2, 0.25) is 5.13 Å². The van der Waals surface area contributed by atoms with E-state index in [-0.39, 0.29) is 5.91 Å². The third kappa shape index (κ3) is 4.96. The molecule has 2 N–H and O–H groups in total. The number of aromatic nitrogens is 1. The van der Waals surface area contributed by atoms with Crippen LogP contribution < -0.4 is 10.7 Å². The maximum Gasteiger partial charge on any atom is 0.256 e. The van der Waals surface area contributed by atoms with Crippen molar-refractivity contribution in [2.45, 2.75) is 0 Å². The second-order valence-corrected chi connectivity index (χ2v) is 8.40. The van der Waals surface area contributed by atoms with Gasteiger partial charge in [-0.05, 0) is 48.5 Å². The van der Waals surface area contributed by atoms with Crippen molar-refractivity contribution in [3.63, 3.8) is 0 Å². The van der Waals surface area contributed by atoms with E-state index >= 15 is 0 Å². The first-order chi connectivity index (χ1) is 14.6. The topological polar surface area (TPSA) is 79.5 Å². The molecule has 0 atom stereocenters. The minimum absolute atomic E-state index is 0.230. The van der Waals surface area contributed by atoms with Gasteiger partial charge in [0.1, 0.15) is 16.5 Å². The third-order valence-corrected chi connectivity index (χ3v) is 5.63. The number of hydrazone groups is 1. The number of furan rings is 1. The van der Waals surface area contributed by atoms with E-state index in [0.717, 1.165) is 10.0 Å². The molecule has 6 nitrogen and oxygen atoms in total. The lowest BCUT2D eigenvalue weighted by Crippen LogP contribution is -2.11. The molecular formula is C21H14BrClN4O2S. The Morgan fingerprint density at radius 2 is 1.90 bits per heavy atom. The molecular weight excluding hydrogens is 488 g/mol. The summed E-state index contributed by atoms with van der Waals surface area (Å²) < 4.78 is 6.11. The van der Waals surface area contributed by atoms with Gasteiger partial charge in [-0.1, -0.05) is 51.0 Å². The molecule has 0 aliphatic carbocycles. The van der Waals surface area contributed by atoms with Gasteiger partial charge in [-0.25, -0.2) is 4.98 Å². The average molecular weight is 502 g/mol. The molecule has 4 aromatic rings. The van der Waals surface area contributed by atoms with Gasteiger partial charge in [0, 0.05) is 20.6 Å². The Bertz CT molecular complexity index is 1170. The first kappa shape index (κ1) is 20.3. The van der Waals surface area contributed by atoms with Gasteiger partial charge in [0.05, 0.1) is 12.5 Å². The fourth-order valence-corrected chi connectivity index (χ4v) is 3.77. The Labute approximate surface area is 189 Å². The summed E-state index contributed by atoms with van der Waals surface area (Å²) in [6, 6.07) is 17.9. The van der Waals surface area contributed by atoms with Crippen LogP contribution in [0.1, 0.15) is 16.1 Å². The van der Waals surface area contributed by atoms with Gasteiger partial charge in [-0.2, -0.15) is 5.10 Å². The minimum Gasteiger partial charge on any atom is -0.463 e. The number of rotatable bonds is 6. The highest BCUT2D eigenvalue weighted by molar-refractivity contribution is 9.10. The number of thiazole rings is 1. The molecule has 0 aliphatic heterocycles. The van der Waals surface area contributed by atoms with Crippen molar-refractivity contribution >= 4 is 61.1 Å². The summed E-state index contributed by atoms with van der Waals surface area (Å²) in [6.45, 7) is 0. The van der Waals surface area contributed by atoms with Crippen molar-refractivity contribution in [1.29, 1.82) is 0 Å². The van der Waals surface area contributed by atoms with Crippen LogP contribution in [0.2, 0.25) is 5.02 Å². The average Bonchev–Trinajstić information content (AvgIpc) is 3.39. The van der Waals surface area contributed by atoms with Crippen LogP contribution in [-0.2, 0) is 0 Å². The fraction of sp³-hybridized carbons (Fsp3) is 0. The number of carbonyl (C=O) groups excluding carboxylic acids is 1. The van der Waals surface area contributed by atoms with E-state index in [1.165, 1.54) is 11.3 Å². The molecule has 0 bridgehead atoms. The van der Waals surface area contributed by atoms with E-state index in [1.54, 1.807) is 48.9 Å². The second-order valence-electron chi connectivity index (χ2n) is 6.05. The van der Waals surface area contributed by atoms with Gasteiger partial charge in [-0.3, -0.25) is 10.2 Å². The highest BCUT2D eigenvalue weighted by Gasteiger charge is 2.16. The molecule has 0 radical (unpaired) electrons. The van der Waals surface area contributed by atoms with E-state index in [9.17, 15) is 4.79 Å². The molecule has 2 aromatic heterocycles. The van der Waals surface area contributed by atoms with E-state index in [0.29, 0.717) is 32.2 Å². The van der Waals surface area contributed by atoms with Crippen molar-refractivity contribution in [3.8, 4) is 11.3 Å². The summed E-state index contributed by atoms with van der Waals surface area (Å²) in [4.78, 5) is 17.3. The summed E-state index contributed by atoms with van der Waals surface area (Å²) in [5.74, 6) is 0.382. The molecule has 0 aliphatic rings. The molecule has 0 spiro atoms. The second kappa shape index (κ2) is 9.25. The van der Waals surface area contributed by atoms with Crippen LogP contribution in [0.15, 0.2) is 80.9 Å². The maximum atomic E-state index is 12.7. The number of benzene rings is 2.